The standard InChI is InChI=1S/C9H20BrN/c1-5-11(6-2)8-9(3,4)7-10/h5-8H2,1-4H3. The quantitative estimate of drug-likeness (QED) is 0.646. The van der Waals surface area contributed by atoms with Crippen LogP contribution in [0.15, 0.2) is 0 Å². The molecule has 0 aromatic rings. The molecule has 2 heteroatoms. The molecular formula is C9H20BrN. The summed E-state index contributed by atoms with van der Waals surface area (Å²) in [7, 11) is 0. The van der Waals surface area contributed by atoms with Crippen LogP contribution >= 0.6 is 15.9 Å². The van der Waals surface area contributed by atoms with Gasteiger partial charge < -0.3 is 4.90 Å². The fraction of sp³-hybridized carbons (Fsp3) is 1.00. The summed E-state index contributed by atoms with van der Waals surface area (Å²) < 4.78 is 0. The van der Waals surface area contributed by atoms with Gasteiger partial charge in [-0.05, 0) is 18.5 Å². The van der Waals surface area contributed by atoms with Gasteiger partial charge in [-0.15, -0.1) is 0 Å². The first-order valence-corrected chi connectivity index (χ1v) is 5.46. The van der Waals surface area contributed by atoms with Gasteiger partial charge in [0, 0.05) is 11.9 Å². The van der Waals surface area contributed by atoms with Gasteiger partial charge in [0.25, 0.3) is 0 Å². The van der Waals surface area contributed by atoms with E-state index in [9.17, 15) is 0 Å². The second-order valence-corrected chi connectivity index (χ2v) is 4.32. The van der Waals surface area contributed by atoms with E-state index in [4.69, 9.17) is 0 Å². The Hall–Kier alpha value is 0.440. The lowest BCUT2D eigenvalue weighted by atomic mass is 9.96. The van der Waals surface area contributed by atoms with Gasteiger partial charge in [0.2, 0.25) is 0 Å². The van der Waals surface area contributed by atoms with Crippen molar-refractivity contribution in [3.8, 4) is 0 Å². The van der Waals surface area contributed by atoms with E-state index < -0.39 is 0 Å². The Morgan fingerprint density at radius 2 is 1.64 bits per heavy atom. The van der Waals surface area contributed by atoms with Gasteiger partial charge >= 0.3 is 0 Å². The van der Waals surface area contributed by atoms with Crippen molar-refractivity contribution in [2.24, 2.45) is 5.41 Å². The van der Waals surface area contributed by atoms with Crippen molar-refractivity contribution in [1.29, 1.82) is 0 Å². The largest absolute Gasteiger partial charge is 0.303 e. The van der Waals surface area contributed by atoms with E-state index in [1.54, 1.807) is 0 Å². The molecule has 0 saturated carbocycles. The number of hydrogen-bond donors (Lipinski definition) is 0. The predicted molar refractivity (Wildman–Crippen MR) is 55.4 cm³/mol. The molecule has 0 spiro atoms. The third kappa shape index (κ3) is 4.81. The zero-order valence-electron chi connectivity index (χ0n) is 8.15. The fourth-order valence-electron chi connectivity index (χ4n) is 1.09. The van der Waals surface area contributed by atoms with E-state index in [0.717, 1.165) is 18.4 Å². The molecule has 0 saturated heterocycles. The highest BCUT2D eigenvalue weighted by atomic mass is 79.9. The molecule has 1 nitrogen and oxygen atoms in total. The molecule has 0 unspecified atom stereocenters. The summed E-state index contributed by atoms with van der Waals surface area (Å²) in [5, 5.41) is 1.08. The minimum Gasteiger partial charge on any atom is -0.303 e. The lowest BCUT2D eigenvalue weighted by Gasteiger charge is -2.29. The fourth-order valence-corrected chi connectivity index (χ4v) is 1.27. The number of hydrogen-bond acceptors (Lipinski definition) is 1. The molecule has 0 heterocycles. The molecule has 0 bridgehead atoms. The minimum atomic E-state index is 0.409. The zero-order valence-corrected chi connectivity index (χ0v) is 9.74. The van der Waals surface area contributed by atoms with E-state index in [1.165, 1.54) is 6.54 Å². The molecule has 0 aliphatic heterocycles. The van der Waals surface area contributed by atoms with Crippen molar-refractivity contribution < 1.29 is 0 Å². The third-order valence-corrected chi connectivity index (χ3v) is 3.43. The number of halogens is 1. The molecule has 68 valence electrons. The summed E-state index contributed by atoms with van der Waals surface area (Å²) in [6.45, 7) is 12.5. The molecule has 0 aliphatic rings. The van der Waals surface area contributed by atoms with Gasteiger partial charge in [-0.2, -0.15) is 0 Å². The summed E-state index contributed by atoms with van der Waals surface area (Å²) in [5.74, 6) is 0. The van der Waals surface area contributed by atoms with E-state index in [1.807, 2.05) is 0 Å². The van der Waals surface area contributed by atoms with Gasteiger partial charge in [0.05, 0.1) is 0 Å². The van der Waals surface area contributed by atoms with Crippen LogP contribution in [0.5, 0.6) is 0 Å². The van der Waals surface area contributed by atoms with Gasteiger partial charge in [0.15, 0.2) is 0 Å². The lowest BCUT2D eigenvalue weighted by molar-refractivity contribution is 0.212. The Bertz CT molecular complexity index is 97.7. The highest BCUT2D eigenvalue weighted by Gasteiger charge is 2.18. The Labute approximate surface area is 79.3 Å². The van der Waals surface area contributed by atoms with Crippen LogP contribution in [0.4, 0.5) is 0 Å². The Kier molecular flexibility index (Phi) is 5.36. The molecule has 0 aromatic carbocycles. The predicted octanol–water partition coefficient (Wildman–Crippen LogP) is 2.75. The van der Waals surface area contributed by atoms with Crippen LogP contribution in [-0.2, 0) is 0 Å². The first kappa shape index (κ1) is 11.4. The SMILES string of the molecule is CCN(CC)CC(C)(C)CBr. The normalized spacial score (nSPS) is 12.5. The second-order valence-electron chi connectivity index (χ2n) is 3.76. The number of nitrogens with zero attached hydrogens (tertiary/aromatic N) is 1. The van der Waals surface area contributed by atoms with Crippen LogP contribution in [0.2, 0.25) is 0 Å². The van der Waals surface area contributed by atoms with Crippen molar-refractivity contribution in [1.82, 2.24) is 4.90 Å². The number of alkyl halides is 1. The van der Waals surface area contributed by atoms with Gasteiger partial charge in [-0.1, -0.05) is 43.6 Å². The van der Waals surface area contributed by atoms with Crippen molar-refractivity contribution >= 4 is 15.9 Å². The minimum absolute atomic E-state index is 0.409. The maximum Gasteiger partial charge on any atom is 0.00949 e. The topological polar surface area (TPSA) is 3.24 Å². The van der Waals surface area contributed by atoms with Crippen molar-refractivity contribution in [2.45, 2.75) is 27.7 Å². The molecule has 0 fully saturated rings. The van der Waals surface area contributed by atoms with Crippen LogP contribution in [-0.4, -0.2) is 29.9 Å². The lowest BCUT2D eigenvalue weighted by Crippen LogP contribution is -2.34. The van der Waals surface area contributed by atoms with E-state index in [0.29, 0.717) is 5.41 Å². The van der Waals surface area contributed by atoms with Crippen LogP contribution < -0.4 is 0 Å². The van der Waals surface area contributed by atoms with Crippen molar-refractivity contribution in [3.63, 3.8) is 0 Å². The van der Waals surface area contributed by atoms with E-state index >= 15 is 0 Å². The maximum absolute atomic E-state index is 3.53. The molecule has 0 N–H and O–H groups in total. The second kappa shape index (κ2) is 5.15. The number of rotatable bonds is 5. The molecule has 0 atom stereocenters. The molecule has 0 rings (SSSR count). The summed E-state index contributed by atoms with van der Waals surface area (Å²) in [5.41, 5.74) is 0.409. The Morgan fingerprint density at radius 1 is 1.18 bits per heavy atom. The van der Waals surface area contributed by atoms with Crippen molar-refractivity contribution in [3.05, 3.63) is 0 Å². The van der Waals surface area contributed by atoms with E-state index in [2.05, 4.69) is 48.5 Å². The first-order valence-electron chi connectivity index (χ1n) is 4.34. The average Bonchev–Trinajstić information content (AvgIpc) is 2.00. The highest BCUT2D eigenvalue weighted by Crippen LogP contribution is 2.19. The molecule has 0 radical (unpaired) electrons. The van der Waals surface area contributed by atoms with Crippen LogP contribution in [0, 0.1) is 5.41 Å². The van der Waals surface area contributed by atoms with E-state index in [-0.39, 0.29) is 0 Å². The first-order chi connectivity index (χ1) is 5.05. The highest BCUT2D eigenvalue weighted by molar-refractivity contribution is 9.09. The molecule has 0 aromatic heterocycles. The molecule has 11 heavy (non-hydrogen) atoms. The van der Waals surface area contributed by atoms with Crippen molar-refractivity contribution in [2.75, 3.05) is 25.0 Å². The maximum atomic E-state index is 3.53. The zero-order chi connectivity index (χ0) is 8.91. The van der Waals surface area contributed by atoms with Crippen LogP contribution in [0.3, 0.4) is 0 Å². The Morgan fingerprint density at radius 3 is 1.91 bits per heavy atom. The molecular weight excluding hydrogens is 202 g/mol. The summed E-state index contributed by atoms with van der Waals surface area (Å²) in [6.07, 6.45) is 0. The molecule has 0 aliphatic carbocycles. The van der Waals surface area contributed by atoms with Gasteiger partial charge in [0.1, 0.15) is 0 Å². The summed E-state index contributed by atoms with van der Waals surface area (Å²) in [4.78, 5) is 2.46. The van der Waals surface area contributed by atoms with Gasteiger partial charge in [-0.25, -0.2) is 0 Å². The average molecular weight is 222 g/mol. The third-order valence-electron chi connectivity index (χ3n) is 1.91. The monoisotopic (exact) mass is 221 g/mol. The molecule has 0 amide bonds. The Balaban J connectivity index is 3.79. The smallest absolute Gasteiger partial charge is 0.00949 e. The van der Waals surface area contributed by atoms with Gasteiger partial charge in [-0.3, -0.25) is 0 Å². The van der Waals surface area contributed by atoms with Crippen LogP contribution in [0.25, 0.3) is 0 Å². The summed E-state index contributed by atoms with van der Waals surface area (Å²) in [6, 6.07) is 0. The summed E-state index contributed by atoms with van der Waals surface area (Å²) >= 11 is 3.53. The van der Waals surface area contributed by atoms with Crippen LogP contribution in [0.1, 0.15) is 27.7 Å².